The van der Waals surface area contributed by atoms with Gasteiger partial charge in [-0.15, -0.1) is 0 Å². The number of halogens is 3. The number of aromatic nitrogens is 2. The SMILES string of the molecule is C[C@@H](Nc1ccnc2cnc(N3CC[C@H](N)C3)cc12)c1cccc(C(F)F)c1F. The van der Waals surface area contributed by atoms with Gasteiger partial charge in [0, 0.05) is 42.0 Å². The number of rotatable bonds is 5. The van der Waals surface area contributed by atoms with Crippen molar-refractivity contribution in [3.05, 3.63) is 59.7 Å². The van der Waals surface area contributed by atoms with E-state index in [0.717, 1.165) is 42.5 Å². The predicted molar refractivity (Wildman–Crippen MR) is 108 cm³/mol. The van der Waals surface area contributed by atoms with Gasteiger partial charge in [-0.1, -0.05) is 18.2 Å². The van der Waals surface area contributed by atoms with Crippen molar-refractivity contribution in [2.24, 2.45) is 5.73 Å². The Morgan fingerprint density at radius 1 is 1.21 bits per heavy atom. The largest absolute Gasteiger partial charge is 0.378 e. The predicted octanol–water partition coefficient (Wildman–Crippen LogP) is 4.42. The molecule has 1 aliphatic rings. The van der Waals surface area contributed by atoms with E-state index < -0.39 is 23.8 Å². The number of anilines is 2. The number of pyridine rings is 2. The number of nitrogens with two attached hydrogens (primary N) is 1. The van der Waals surface area contributed by atoms with Crippen molar-refractivity contribution in [3.63, 3.8) is 0 Å². The lowest BCUT2D eigenvalue weighted by molar-refractivity contribution is 0.146. The first-order chi connectivity index (χ1) is 13.9. The fourth-order valence-electron chi connectivity index (χ4n) is 3.71. The fourth-order valence-corrected chi connectivity index (χ4v) is 3.71. The normalized spacial score (nSPS) is 17.9. The van der Waals surface area contributed by atoms with Crippen LogP contribution in [0.25, 0.3) is 10.9 Å². The zero-order valence-electron chi connectivity index (χ0n) is 15.9. The second kappa shape index (κ2) is 7.87. The maximum Gasteiger partial charge on any atom is 0.266 e. The Hall–Kier alpha value is -2.87. The Bertz CT molecular complexity index is 1030. The van der Waals surface area contributed by atoms with Crippen LogP contribution in [0.3, 0.4) is 0 Å². The van der Waals surface area contributed by atoms with Gasteiger partial charge in [0.05, 0.1) is 23.3 Å². The third-order valence-corrected chi connectivity index (χ3v) is 5.29. The fraction of sp³-hybridized carbons (Fsp3) is 0.333. The maximum atomic E-state index is 14.5. The van der Waals surface area contributed by atoms with Gasteiger partial charge in [-0.3, -0.25) is 4.98 Å². The molecule has 0 amide bonds. The second-order valence-electron chi connectivity index (χ2n) is 7.33. The van der Waals surface area contributed by atoms with Gasteiger partial charge in [0.25, 0.3) is 6.43 Å². The average Bonchev–Trinajstić information content (AvgIpc) is 3.14. The highest BCUT2D eigenvalue weighted by atomic mass is 19.3. The van der Waals surface area contributed by atoms with E-state index in [1.54, 1.807) is 25.4 Å². The van der Waals surface area contributed by atoms with Gasteiger partial charge in [-0.05, 0) is 25.5 Å². The first-order valence-electron chi connectivity index (χ1n) is 9.52. The first kappa shape index (κ1) is 19.4. The standard InChI is InChI=1S/C21H22F3N5/c1-12(14-3-2-4-15(20(14)22)21(23)24)28-17-5-7-26-18-10-27-19(9-16(17)18)29-8-6-13(25)11-29/h2-5,7,9-10,12-13,21H,6,8,11,25H2,1H3,(H,26,28)/t12-,13+/m1/s1. The van der Waals surface area contributed by atoms with Crippen molar-refractivity contribution in [2.45, 2.75) is 31.9 Å². The first-order valence-corrected chi connectivity index (χ1v) is 9.52. The molecule has 3 aromatic rings. The van der Waals surface area contributed by atoms with Gasteiger partial charge >= 0.3 is 0 Å². The molecular formula is C21H22F3N5. The third-order valence-electron chi connectivity index (χ3n) is 5.29. The molecule has 1 fully saturated rings. The summed E-state index contributed by atoms with van der Waals surface area (Å²) in [6.45, 7) is 3.32. The molecule has 152 valence electrons. The summed E-state index contributed by atoms with van der Waals surface area (Å²) >= 11 is 0. The van der Waals surface area contributed by atoms with Gasteiger partial charge < -0.3 is 16.0 Å². The highest BCUT2D eigenvalue weighted by molar-refractivity contribution is 5.92. The van der Waals surface area contributed by atoms with E-state index in [1.165, 1.54) is 12.1 Å². The lowest BCUT2D eigenvalue weighted by atomic mass is 10.0. The summed E-state index contributed by atoms with van der Waals surface area (Å²) in [6.07, 6.45) is 1.39. The Morgan fingerprint density at radius 2 is 2.00 bits per heavy atom. The van der Waals surface area contributed by atoms with E-state index in [2.05, 4.69) is 20.2 Å². The molecule has 0 saturated carbocycles. The molecule has 8 heteroatoms. The molecule has 29 heavy (non-hydrogen) atoms. The molecule has 5 nitrogen and oxygen atoms in total. The summed E-state index contributed by atoms with van der Waals surface area (Å²) in [5, 5.41) is 4.07. The smallest absolute Gasteiger partial charge is 0.266 e. The van der Waals surface area contributed by atoms with E-state index in [9.17, 15) is 13.2 Å². The summed E-state index contributed by atoms with van der Waals surface area (Å²) in [6, 6.07) is 7.40. The van der Waals surface area contributed by atoms with Crippen LogP contribution >= 0.6 is 0 Å². The van der Waals surface area contributed by atoms with Crippen molar-refractivity contribution < 1.29 is 13.2 Å². The summed E-state index contributed by atoms with van der Waals surface area (Å²) in [7, 11) is 0. The van der Waals surface area contributed by atoms with Gasteiger partial charge in [-0.2, -0.15) is 0 Å². The number of nitrogens with one attached hydrogen (secondary N) is 1. The summed E-state index contributed by atoms with van der Waals surface area (Å²) in [5.41, 5.74) is 7.02. The molecule has 0 bridgehead atoms. The number of hydrogen-bond donors (Lipinski definition) is 2. The Labute approximate surface area is 166 Å². The van der Waals surface area contributed by atoms with Crippen LogP contribution in [-0.4, -0.2) is 29.1 Å². The molecule has 1 aliphatic heterocycles. The molecule has 2 aromatic heterocycles. The van der Waals surface area contributed by atoms with E-state index in [0.29, 0.717) is 5.52 Å². The van der Waals surface area contributed by atoms with Crippen LogP contribution < -0.4 is 16.0 Å². The zero-order chi connectivity index (χ0) is 20.5. The van der Waals surface area contributed by atoms with Gasteiger partial charge in [0.1, 0.15) is 11.6 Å². The number of nitrogens with zero attached hydrogens (tertiary/aromatic N) is 3. The van der Waals surface area contributed by atoms with Crippen LogP contribution in [0.5, 0.6) is 0 Å². The van der Waals surface area contributed by atoms with Crippen LogP contribution in [-0.2, 0) is 0 Å². The van der Waals surface area contributed by atoms with Crippen LogP contribution in [0.15, 0.2) is 42.7 Å². The molecule has 3 N–H and O–H groups in total. The highest BCUT2D eigenvalue weighted by Gasteiger charge is 2.22. The Kier molecular flexibility index (Phi) is 5.27. The summed E-state index contributed by atoms with van der Waals surface area (Å²) in [5.74, 6) is -0.0747. The number of fused-ring (bicyclic) bond motifs is 1. The molecule has 3 heterocycles. The molecule has 1 saturated heterocycles. The van der Waals surface area contributed by atoms with Crippen LogP contribution in [0.4, 0.5) is 24.7 Å². The zero-order valence-corrected chi connectivity index (χ0v) is 15.9. The van der Waals surface area contributed by atoms with Crippen molar-refractivity contribution in [1.82, 2.24) is 9.97 Å². The minimum absolute atomic E-state index is 0.129. The Balaban J connectivity index is 1.66. The van der Waals surface area contributed by atoms with E-state index in [1.807, 2.05) is 6.07 Å². The molecule has 0 radical (unpaired) electrons. The molecule has 0 aliphatic carbocycles. The quantitative estimate of drug-likeness (QED) is 0.663. The van der Waals surface area contributed by atoms with E-state index in [-0.39, 0.29) is 11.6 Å². The molecular weight excluding hydrogens is 379 g/mol. The minimum atomic E-state index is -2.86. The number of benzene rings is 1. The third kappa shape index (κ3) is 3.85. The van der Waals surface area contributed by atoms with Crippen LogP contribution in [0.2, 0.25) is 0 Å². The summed E-state index contributed by atoms with van der Waals surface area (Å²) in [4.78, 5) is 10.9. The monoisotopic (exact) mass is 401 g/mol. The van der Waals surface area contributed by atoms with Gasteiger partial charge in [0.2, 0.25) is 0 Å². The number of alkyl halides is 2. The van der Waals surface area contributed by atoms with E-state index in [4.69, 9.17) is 5.73 Å². The van der Waals surface area contributed by atoms with Gasteiger partial charge in [0.15, 0.2) is 0 Å². The summed E-state index contributed by atoms with van der Waals surface area (Å²) < 4.78 is 40.6. The lowest BCUT2D eigenvalue weighted by Gasteiger charge is -2.20. The van der Waals surface area contributed by atoms with Crippen molar-refractivity contribution in [1.29, 1.82) is 0 Å². The molecule has 1 aromatic carbocycles. The van der Waals surface area contributed by atoms with Crippen molar-refractivity contribution in [3.8, 4) is 0 Å². The average molecular weight is 401 g/mol. The van der Waals surface area contributed by atoms with Crippen LogP contribution in [0, 0.1) is 5.82 Å². The van der Waals surface area contributed by atoms with Gasteiger partial charge in [-0.25, -0.2) is 18.2 Å². The number of hydrogen-bond acceptors (Lipinski definition) is 5. The molecule has 0 unspecified atom stereocenters. The highest BCUT2D eigenvalue weighted by Crippen LogP contribution is 2.32. The van der Waals surface area contributed by atoms with Crippen LogP contribution in [0.1, 0.15) is 36.9 Å². The lowest BCUT2D eigenvalue weighted by Crippen LogP contribution is -2.26. The van der Waals surface area contributed by atoms with Crippen molar-refractivity contribution >= 4 is 22.4 Å². The molecule has 2 atom stereocenters. The second-order valence-corrected chi connectivity index (χ2v) is 7.33. The molecule has 0 spiro atoms. The maximum absolute atomic E-state index is 14.5. The van der Waals surface area contributed by atoms with E-state index >= 15 is 0 Å². The topological polar surface area (TPSA) is 67.1 Å². The Morgan fingerprint density at radius 3 is 2.72 bits per heavy atom. The minimum Gasteiger partial charge on any atom is -0.378 e. The van der Waals surface area contributed by atoms with Crippen molar-refractivity contribution in [2.75, 3.05) is 23.3 Å². The molecule has 4 rings (SSSR count).